The van der Waals surface area contributed by atoms with E-state index < -0.39 is 0 Å². The minimum atomic E-state index is 0.0814. The van der Waals surface area contributed by atoms with E-state index in [1.807, 2.05) is 44.6 Å². The highest BCUT2D eigenvalue weighted by atomic mass is 16.2. The lowest BCUT2D eigenvalue weighted by molar-refractivity contribution is -0.117. The van der Waals surface area contributed by atoms with Gasteiger partial charge in [0, 0.05) is 42.9 Å². The number of nitrogens with zero attached hydrogens (tertiary/aromatic N) is 4. The van der Waals surface area contributed by atoms with Crippen molar-refractivity contribution < 1.29 is 4.79 Å². The van der Waals surface area contributed by atoms with Gasteiger partial charge in [0.15, 0.2) is 0 Å². The number of hydrogen-bond acceptors (Lipinski definition) is 3. The van der Waals surface area contributed by atoms with Gasteiger partial charge in [-0.05, 0) is 32.9 Å². The first-order valence-corrected chi connectivity index (χ1v) is 6.74. The molecule has 0 aromatic carbocycles. The first-order valence-electron chi connectivity index (χ1n) is 6.74. The summed E-state index contributed by atoms with van der Waals surface area (Å²) in [6.45, 7) is 6.55. The van der Waals surface area contributed by atoms with E-state index in [1.165, 1.54) is 0 Å². The van der Waals surface area contributed by atoms with Crippen LogP contribution in [0, 0.1) is 13.8 Å². The molecule has 0 spiro atoms. The van der Waals surface area contributed by atoms with Crippen molar-refractivity contribution in [1.82, 2.24) is 14.8 Å². The molecule has 2 aromatic heterocycles. The van der Waals surface area contributed by atoms with Crippen LogP contribution in [0.1, 0.15) is 23.9 Å². The molecule has 0 atom stereocenters. The molecule has 2 rings (SSSR count). The fraction of sp³-hybridized carbons (Fsp3) is 0.400. The smallest absolute Gasteiger partial charge is 0.231 e. The van der Waals surface area contributed by atoms with Crippen LogP contribution in [-0.4, -0.2) is 27.2 Å². The molecular weight excluding hydrogens is 252 g/mol. The van der Waals surface area contributed by atoms with Crippen molar-refractivity contribution in [2.24, 2.45) is 7.05 Å². The van der Waals surface area contributed by atoms with E-state index >= 15 is 0 Å². The fourth-order valence-corrected chi connectivity index (χ4v) is 2.35. The number of amides is 1. The van der Waals surface area contributed by atoms with E-state index in [0.29, 0.717) is 13.0 Å². The second kappa shape index (κ2) is 5.86. The zero-order chi connectivity index (χ0) is 14.7. The van der Waals surface area contributed by atoms with Crippen LogP contribution >= 0.6 is 0 Å². The maximum atomic E-state index is 12.5. The molecule has 0 saturated carbocycles. The average Bonchev–Trinajstić information content (AvgIpc) is 2.67. The summed E-state index contributed by atoms with van der Waals surface area (Å²) in [5.41, 5.74) is 3.86. The monoisotopic (exact) mass is 272 g/mol. The van der Waals surface area contributed by atoms with Crippen LogP contribution in [0.15, 0.2) is 24.5 Å². The van der Waals surface area contributed by atoms with Crippen LogP contribution < -0.4 is 4.90 Å². The molecule has 0 bridgehead atoms. The normalized spacial score (nSPS) is 10.6. The molecule has 0 aliphatic rings. The van der Waals surface area contributed by atoms with Gasteiger partial charge in [0.2, 0.25) is 5.91 Å². The highest BCUT2D eigenvalue weighted by molar-refractivity contribution is 5.94. The third-order valence-corrected chi connectivity index (χ3v) is 3.58. The number of aryl methyl sites for hydroxylation is 2. The Labute approximate surface area is 119 Å². The lowest BCUT2D eigenvalue weighted by atomic mass is 10.1. The number of carbonyl (C=O) groups excluding carboxylic acids is 1. The zero-order valence-electron chi connectivity index (χ0n) is 12.4. The Morgan fingerprint density at radius 1 is 1.30 bits per heavy atom. The van der Waals surface area contributed by atoms with E-state index in [0.717, 1.165) is 22.6 Å². The van der Waals surface area contributed by atoms with Crippen molar-refractivity contribution in [3.8, 4) is 0 Å². The van der Waals surface area contributed by atoms with Gasteiger partial charge in [-0.3, -0.25) is 14.5 Å². The molecule has 106 valence electrons. The van der Waals surface area contributed by atoms with Gasteiger partial charge in [-0.15, -0.1) is 0 Å². The maximum Gasteiger partial charge on any atom is 0.231 e. The van der Waals surface area contributed by atoms with Gasteiger partial charge in [-0.1, -0.05) is 0 Å². The number of aromatic nitrogens is 3. The van der Waals surface area contributed by atoms with E-state index in [9.17, 15) is 4.79 Å². The van der Waals surface area contributed by atoms with E-state index in [1.54, 1.807) is 17.3 Å². The van der Waals surface area contributed by atoms with Crippen molar-refractivity contribution in [2.45, 2.75) is 27.2 Å². The molecule has 0 saturated heterocycles. The second-order valence-electron chi connectivity index (χ2n) is 4.79. The summed E-state index contributed by atoms with van der Waals surface area (Å²) >= 11 is 0. The molecule has 2 aromatic rings. The number of carbonyl (C=O) groups is 1. The lowest BCUT2D eigenvalue weighted by Gasteiger charge is -2.21. The van der Waals surface area contributed by atoms with Gasteiger partial charge in [0.05, 0.1) is 12.1 Å². The van der Waals surface area contributed by atoms with E-state index in [4.69, 9.17) is 0 Å². The largest absolute Gasteiger partial charge is 0.312 e. The van der Waals surface area contributed by atoms with Crippen molar-refractivity contribution >= 4 is 11.6 Å². The molecule has 0 unspecified atom stereocenters. The van der Waals surface area contributed by atoms with Gasteiger partial charge in [-0.2, -0.15) is 5.10 Å². The predicted octanol–water partition coefficient (Wildman–Crippen LogP) is 2.03. The fourth-order valence-electron chi connectivity index (χ4n) is 2.35. The van der Waals surface area contributed by atoms with Gasteiger partial charge < -0.3 is 4.90 Å². The summed E-state index contributed by atoms with van der Waals surface area (Å²) in [7, 11) is 1.90. The quantitative estimate of drug-likeness (QED) is 0.855. The standard InChI is InChI=1S/C15H20N4O/c1-5-19(13-6-8-16-9-7-13)15(20)10-14-11(2)17-18(4)12(14)3/h6-9H,5,10H2,1-4H3. The van der Waals surface area contributed by atoms with Crippen LogP contribution in [0.5, 0.6) is 0 Å². The Balaban J connectivity index is 2.22. The Morgan fingerprint density at radius 2 is 1.95 bits per heavy atom. The Hall–Kier alpha value is -2.17. The molecule has 0 radical (unpaired) electrons. The third kappa shape index (κ3) is 2.71. The molecule has 5 heteroatoms. The van der Waals surface area contributed by atoms with Gasteiger partial charge >= 0.3 is 0 Å². The molecular formula is C15H20N4O. The van der Waals surface area contributed by atoms with Crippen LogP contribution in [0.25, 0.3) is 0 Å². The number of anilines is 1. The summed E-state index contributed by atoms with van der Waals surface area (Å²) in [6.07, 6.45) is 3.78. The molecule has 1 amide bonds. The molecule has 5 nitrogen and oxygen atoms in total. The van der Waals surface area contributed by atoms with E-state index in [-0.39, 0.29) is 5.91 Å². The first-order chi connectivity index (χ1) is 9.54. The molecule has 0 fully saturated rings. The highest BCUT2D eigenvalue weighted by Gasteiger charge is 2.18. The summed E-state index contributed by atoms with van der Waals surface area (Å²) < 4.78 is 1.82. The zero-order valence-corrected chi connectivity index (χ0v) is 12.4. The Bertz CT molecular complexity index is 604. The minimum Gasteiger partial charge on any atom is -0.312 e. The second-order valence-corrected chi connectivity index (χ2v) is 4.79. The Morgan fingerprint density at radius 3 is 2.45 bits per heavy atom. The molecule has 0 aliphatic heterocycles. The summed E-state index contributed by atoms with van der Waals surface area (Å²) in [4.78, 5) is 18.3. The summed E-state index contributed by atoms with van der Waals surface area (Å²) in [5, 5.41) is 4.36. The number of pyridine rings is 1. The van der Waals surface area contributed by atoms with Crippen molar-refractivity contribution in [3.63, 3.8) is 0 Å². The van der Waals surface area contributed by atoms with Crippen LogP contribution in [-0.2, 0) is 18.3 Å². The van der Waals surface area contributed by atoms with Crippen LogP contribution in [0.3, 0.4) is 0 Å². The number of rotatable bonds is 4. The highest BCUT2D eigenvalue weighted by Crippen LogP contribution is 2.17. The number of hydrogen-bond donors (Lipinski definition) is 0. The average molecular weight is 272 g/mol. The first kappa shape index (κ1) is 14.2. The summed E-state index contributed by atoms with van der Waals surface area (Å²) in [6, 6.07) is 3.70. The summed E-state index contributed by atoms with van der Waals surface area (Å²) in [5.74, 6) is 0.0814. The van der Waals surface area contributed by atoms with Crippen LogP contribution in [0.2, 0.25) is 0 Å². The third-order valence-electron chi connectivity index (χ3n) is 3.58. The molecule has 0 aliphatic carbocycles. The van der Waals surface area contributed by atoms with Crippen LogP contribution in [0.4, 0.5) is 5.69 Å². The maximum absolute atomic E-state index is 12.5. The molecule has 20 heavy (non-hydrogen) atoms. The van der Waals surface area contributed by atoms with Crippen molar-refractivity contribution in [3.05, 3.63) is 41.5 Å². The lowest BCUT2D eigenvalue weighted by Crippen LogP contribution is -2.32. The number of likely N-dealkylation sites (N-methyl/N-ethyl adjacent to an activating group) is 1. The predicted molar refractivity (Wildman–Crippen MR) is 78.7 cm³/mol. The Kier molecular flexibility index (Phi) is 4.17. The van der Waals surface area contributed by atoms with Crippen molar-refractivity contribution in [1.29, 1.82) is 0 Å². The SMILES string of the molecule is CCN(C(=O)Cc1c(C)nn(C)c1C)c1ccncc1. The van der Waals surface area contributed by atoms with E-state index in [2.05, 4.69) is 10.1 Å². The molecule has 2 heterocycles. The topological polar surface area (TPSA) is 51.0 Å². The van der Waals surface area contributed by atoms with Gasteiger partial charge in [0.1, 0.15) is 0 Å². The van der Waals surface area contributed by atoms with Gasteiger partial charge in [0.25, 0.3) is 0 Å². The minimum absolute atomic E-state index is 0.0814. The van der Waals surface area contributed by atoms with Gasteiger partial charge in [-0.25, -0.2) is 0 Å². The molecule has 0 N–H and O–H groups in total. The van der Waals surface area contributed by atoms with Crippen molar-refractivity contribution in [2.75, 3.05) is 11.4 Å².